The molecule has 33 heavy (non-hydrogen) atoms. The molecule has 1 aliphatic rings. The lowest BCUT2D eigenvalue weighted by Crippen LogP contribution is -2.43. The first-order valence-corrected chi connectivity index (χ1v) is 10.9. The van der Waals surface area contributed by atoms with Crippen LogP contribution < -0.4 is 11.2 Å². The molecule has 0 N–H and O–H groups in total. The van der Waals surface area contributed by atoms with E-state index in [-0.39, 0.29) is 29.4 Å². The zero-order valence-corrected chi connectivity index (χ0v) is 17.7. The summed E-state index contributed by atoms with van der Waals surface area (Å²) in [7, 11) is 0. The van der Waals surface area contributed by atoms with E-state index >= 15 is 0 Å². The molecule has 0 atom stereocenters. The smallest absolute Gasteiger partial charge is 0.320 e. The number of fused-ring (bicyclic) bond motifs is 1. The van der Waals surface area contributed by atoms with Crippen LogP contribution in [0.3, 0.4) is 0 Å². The molecule has 0 aliphatic heterocycles. The quantitative estimate of drug-likeness (QED) is 0.462. The Kier molecular flexibility index (Phi) is 5.39. The van der Waals surface area contributed by atoms with Gasteiger partial charge in [-0.25, -0.2) is 27.5 Å². The van der Waals surface area contributed by atoms with Crippen molar-refractivity contribution in [2.45, 2.75) is 44.7 Å². The number of aromatic nitrogens is 4. The Bertz CT molecular complexity index is 1470. The van der Waals surface area contributed by atoms with Crippen LogP contribution in [-0.2, 0) is 6.54 Å². The van der Waals surface area contributed by atoms with Crippen LogP contribution in [0.1, 0.15) is 43.7 Å². The average Bonchev–Trinajstić information content (AvgIpc) is 3.22. The lowest BCUT2D eigenvalue weighted by molar-refractivity contribution is 0.335. The van der Waals surface area contributed by atoms with Gasteiger partial charge in [0, 0.05) is 17.7 Å². The van der Waals surface area contributed by atoms with E-state index in [1.54, 1.807) is 18.2 Å². The third kappa shape index (κ3) is 3.67. The van der Waals surface area contributed by atoms with Crippen molar-refractivity contribution in [1.29, 1.82) is 0 Å². The summed E-state index contributed by atoms with van der Waals surface area (Å²) in [5.74, 6) is -2.59. The van der Waals surface area contributed by atoms with Crippen LogP contribution >= 0.6 is 0 Å². The summed E-state index contributed by atoms with van der Waals surface area (Å²) < 4.78 is 45.7. The molecule has 0 saturated heterocycles. The van der Waals surface area contributed by atoms with Gasteiger partial charge in [-0.15, -0.1) is 0 Å². The number of imidazole rings is 1. The highest BCUT2D eigenvalue weighted by atomic mass is 19.2. The van der Waals surface area contributed by atoms with Gasteiger partial charge in [-0.05, 0) is 31.0 Å². The van der Waals surface area contributed by atoms with E-state index in [0.717, 1.165) is 36.0 Å². The van der Waals surface area contributed by atoms with Gasteiger partial charge in [-0.2, -0.15) is 0 Å². The minimum Gasteiger partial charge on any atom is -0.320 e. The molecule has 0 spiro atoms. The van der Waals surface area contributed by atoms with Gasteiger partial charge in [0.25, 0.3) is 5.56 Å². The van der Waals surface area contributed by atoms with E-state index in [4.69, 9.17) is 0 Å². The van der Waals surface area contributed by atoms with Crippen LogP contribution in [0.25, 0.3) is 16.9 Å². The van der Waals surface area contributed by atoms with Crippen LogP contribution in [0, 0.1) is 17.5 Å². The molecular formula is C24H21F3N4O2. The van der Waals surface area contributed by atoms with E-state index in [9.17, 15) is 22.8 Å². The highest BCUT2D eigenvalue weighted by Gasteiger charge is 2.25. The van der Waals surface area contributed by atoms with Crippen molar-refractivity contribution < 1.29 is 13.2 Å². The molecule has 0 bridgehead atoms. The highest BCUT2D eigenvalue weighted by molar-refractivity contribution is 5.72. The lowest BCUT2D eigenvalue weighted by atomic mass is 9.95. The fourth-order valence-corrected chi connectivity index (χ4v) is 4.60. The summed E-state index contributed by atoms with van der Waals surface area (Å²) in [6.07, 6.45) is 5.48. The van der Waals surface area contributed by atoms with Crippen molar-refractivity contribution in [2.24, 2.45) is 0 Å². The first kappa shape index (κ1) is 21.2. The normalized spacial score (nSPS) is 14.8. The van der Waals surface area contributed by atoms with Crippen molar-refractivity contribution in [3.63, 3.8) is 0 Å². The largest absolute Gasteiger partial charge is 0.337 e. The van der Waals surface area contributed by atoms with E-state index in [1.165, 1.54) is 27.6 Å². The molecule has 2 aromatic heterocycles. The minimum absolute atomic E-state index is 0.0133. The first-order valence-electron chi connectivity index (χ1n) is 10.9. The molecule has 0 radical (unpaired) electrons. The minimum atomic E-state index is -1.12. The van der Waals surface area contributed by atoms with Gasteiger partial charge in [-0.3, -0.25) is 9.36 Å². The van der Waals surface area contributed by atoms with Crippen LogP contribution in [0.15, 0.2) is 58.4 Å². The van der Waals surface area contributed by atoms with E-state index in [0.29, 0.717) is 18.4 Å². The lowest BCUT2D eigenvalue weighted by Gasteiger charge is -2.24. The summed E-state index contributed by atoms with van der Waals surface area (Å²) in [5.41, 5.74) is -0.640. The summed E-state index contributed by atoms with van der Waals surface area (Å²) in [5, 5.41) is 0. The Morgan fingerprint density at radius 2 is 1.67 bits per heavy atom. The molecular weight excluding hydrogens is 433 g/mol. The van der Waals surface area contributed by atoms with E-state index in [2.05, 4.69) is 4.98 Å². The Labute approximate surface area is 186 Å². The number of hydrogen-bond acceptors (Lipinski definition) is 3. The van der Waals surface area contributed by atoms with Crippen molar-refractivity contribution in [2.75, 3.05) is 0 Å². The second kappa shape index (κ2) is 8.38. The van der Waals surface area contributed by atoms with Crippen molar-refractivity contribution in [1.82, 2.24) is 18.7 Å². The molecule has 2 aromatic carbocycles. The monoisotopic (exact) mass is 454 g/mol. The maximum atomic E-state index is 14.3. The molecule has 0 amide bonds. The van der Waals surface area contributed by atoms with Crippen molar-refractivity contribution in [3.05, 3.63) is 92.6 Å². The van der Waals surface area contributed by atoms with Gasteiger partial charge < -0.3 is 4.57 Å². The van der Waals surface area contributed by atoms with Crippen LogP contribution in [-0.4, -0.2) is 18.7 Å². The standard InChI is InChI=1S/C24H21F3N4O2/c25-18-9-5-4-6-15(18)13-29-14-28-22-21(29)23(32)31(16-7-2-1-3-8-16)24(33)30(22)17-10-11-19(26)20(27)12-17/h4-6,9-12,14,16H,1-3,7-8,13H2. The first-order chi connectivity index (χ1) is 16.0. The van der Waals surface area contributed by atoms with Gasteiger partial charge in [-0.1, -0.05) is 37.5 Å². The topological polar surface area (TPSA) is 61.8 Å². The molecule has 0 unspecified atom stereocenters. The van der Waals surface area contributed by atoms with Gasteiger partial charge in [0.1, 0.15) is 5.82 Å². The summed E-state index contributed by atoms with van der Waals surface area (Å²) in [6, 6.07) is 8.98. The number of benzene rings is 2. The third-order valence-electron chi connectivity index (χ3n) is 6.25. The number of halogens is 3. The maximum Gasteiger partial charge on any atom is 0.337 e. The van der Waals surface area contributed by atoms with Crippen LogP contribution in [0.5, 0.6) is 0 Å². The number of hydrogen-bond donors (Lipinski definition) is 0. The molecule has 1 saturated carbocycles. The van der Waals surface area contributed by atoms with Gasteiger partial charge in [0.05, 0.1) is 18.6 Å². The molecule has 1 aliphatic carbocycles. The highest BCUT2D eigenvalue weighted by Crippen LogP contribution is 2.27. The van der Waals surface area contributed by atoms with Gasteiger partial charge in [0.15, 0.2) is 22.8 Å². The molecule has 170 valence electrons. The SMILES string of the molecule is O=c1c2c(ncn2Cc2ccccc2F)n(-c2ccc(F)c(F)c2)c(=O)n1C1CCCCC1. The number of rotatable bonds is 4. The zero-order valence-electron chi connectivity index (χ0n) is 17.7. The zero-order chi connectivity index (χ0) is 23.1. The second-order valence-electron chi connectivity index (χ2n) is 8.32. The molecule has 6 nitrogen and oxygen atoms in total. The summed E-state index contributed by atoms with van der Waals surface area (Å²) >= 11 is 0. The van der Waals surface area contributed by atoms with Crippen molar-refractivity contribution >= 4 is 11.2 Å². The Hall–Kier alpha value is -3.62. The molecule has 4 aromatic rings. The predicted molar refractivity (Wildman–Crippen MR) is 117 cm³/mol. The van der Waals surface area contributed by atoms with Crippen LogP contribution in [0.4, 0.5) is 13.2 Å². The second-order valence-corrected chi connectivity index (χ2v) is 8.32. The summed E-state index contributed by atoms with van der Waals surface area (Å²) in [4.78, 5) is 31.3. The van der Waals surface area contributed by atoms with Crippen molar-refractivity contribution in [3.8, 4) is 5.69 Å². The summed E-state index contributed by atoms with van der Waals surface area (Å²) in [6.45, 7) is 0.0268. The fourth-order valence-electron chi connectivity index (χ4n) is 4.60. The maximum absolute atomic E-state index is 14.3. The van der Waals surface area contributed by atoms with Gasteiger partial charge in [0.2, 0.25) is 0 Å². The Balaban J connectivity index is 1.79. The van der Waals surface area contributed by atoms with E-state index in [1.807, 2.05) is 0 Å². The molecule has 2 heterocycles. The number of nitrogens with zero attached hydrogens (tertiary/aromatic N) is 4. The molecule has 5 rings (SSSR count). The molecule has 1 fully saturated rings. The fraction of sp³-hybridized carbons (Fsp3) is 0.292. The van der Waals surface area contributed by atoms with Crippen LogP contribution in [0.2, 0.25) is 0 Å². The van der Waals surface area contributed by atoms with Gasteiger partial charge >= 0.3 is 5.69 Å². The average molecular weight is 454 g/mol. The predicted octanol–water partition coefficient (Wildman–Crippen LogP) is 4.32. The Morgan fingerprint density at radius 3 is 2.39 bits per heavy atom. The third-order valence-corrected chi connectivity index (χ3v) is 6.25. The molecule has 9 heteroatoms. The van der Waals surface area contributed by atoms with E-state index < -0.39 is 28.7 Å². The Morgan fingerprint density at radius 1 is 0.909 bits per heavy atom.